The molecule has 0 bridgehead atoms. The molecule has 1 unspecified atom stereocenters. The van der Waals surface area contributed by atoms with Crippen molar-refractivity contribution < 1.29 is 4.79 Å². The van der Waals surface area contributed by atoms with Crippen molar-refractivity contribution in [2.45, 2.75) is 26.2 Å². The van der Waals surface area contributed by atoms with E-state index in [-0.39, 0.29) is 17.6 Å². The highest BCUT2D eigenvalue weighted by atomic mass is 35.5. The van der Waals surface area contributed by atoms with Crippen LogP contribution in [0.5, 0.6) is 0 Å². The van der Waals surface area contributed by atoms with Crippen molar-refractivity contribution in [2.75, 3.05) is 19.6 Å². The first kappa shape index (κ1) is 18.2. The maximum atomic E-state index is 12.8. The summed E-state index contributed by atoms with van der Waals surface area (Å²) in [5, 5.41) is 5.35. The minimum absolute atomic E-state index is 0.0526. The summed E-state index contributed by atoms with van der Waals surface area (Å²) in [5.41, 5.74) is 6.25. The van der Waals surface area contributed by atoms with Gasteiger partial charge in [0.25, 0.3) is 5.91 Å². The molecular formula is C17H21Cl2N5O. The Balaban J connectivity index is 2.00. The molecule has 2 N–H and O–H groups in total. The van der Waals surface area contributed by atoms with Gasteiger partial charge in [0.05, 0.1) is 10.0 Å². The molecule has 1 aromatic carbocycles. The summed E-state index contributed by atoms with van der Waals surface area (Å²) in [6, 6.07) is 5.24. The number of rotatable bonds is 4. The Kier molecular flexibility index (Phi) is 5.32. The van der Waals surface area contributed by atoms with Crippen molar-refractivity contribution in [1.29, 1.82) is 0 Å². The van der Waals surface area contributed by atoms with E-state index in [4.69, 9.17) is 28.9 Å². The molecule has 2 aromatic rings. The Bertz CT molecular complexity index is 769. The van der Waals surface area contributed by atoms with Crippen LogP contribution >= 0.6 is 23.2 Å². The molecule has 3 rings (SSSR count). The maximum absolute atomic E-state index is 12.8. The Morgan fingerprint density at radius 3 is 2.60 bits per heavy atom. The van der Waals surface area contributed by atoms with Crippen molar-refractivity contribution in [2.24, 2.45) is 11.7 Å². The number of aromatic nitrogens is 3. The number of carbonyl (C=O) groups excluding carboxylic acids is 1. The second-order valence-corrected chi connectivity index (χ2v) is 7.39. The van der Waals surface area contributed by atoms with E-state index in [1.54, 1.807) is 27.8 Å². The van der Waals surface area contributed by atoms with E-state index in [0.29, 0.717) is 47.1 Å². The quantitative estimate of drug-likeness (QED) is 0.882. The van der Waals surface area contributed by atoms with Crippen molar-refractivity contribution in [3.8, 4) is 5.69 Å². The lowest BCUT2D eigenvalue weighted by Crippen LogP contribution is -2.30. The van der Waals surface area contributed by atoms with Crippen LogP contribution in [0.15, 0.2) is 18.2 Å². The minimum atomic E-state index is -0.181. The third-order valence-electron chi connectivity index (χ3n) is 4.40. The van der Waals surface area contributed by atoms with Gasteiger partial charge in [-0.05, 0) is 31.0 Å². The van der Waals surface area contributed by atoms with Gasteiger partial charge in [-0.3, -0.25) is 4.79 Å². The molecule has 1 atom stereocenters. The number of hydrogen-bond acceptors (Lipinski definition) is 4. The van der Waals surface area contributed by atoms with Crippen LogP contribution in [0.1, 0.15) is 42.6 Å². The molecule has 0 aliphatic carbocycles. The van der Waals surface area contributed by atoms with Gasteiger partial charge in [0, 0.05) is 19.0 Å². The second-order valence-electron chi connectivity index (χ2n) is 6.57. The highest BCUT2D eigenvalue weighted by Crippen LogP contribution is 2.30. The van der Waals surface area contributed by atoms with Crippen molar-refractivity contribution >= 4 is 29.1 Å². The van der Waals surface area contributed by atoms with Gasteiger partial charge in [0.1, 0.15) is 11.5 Å². The fraction of sp³-hybridized carbons (Fsp3) is 0.471. The van der Waals surface area contributed by atoms with Crippen LogP contribution < -0.4 is 5.73 Å². The highest BCUT2D eigenvalue weighted by Gasteiger charge is 2.30. The number of halogens is 2. The molecule has 1 fully saturated rings. The number of likely N-dealkylation sites (tertiary alicyclic amines) is 1. The highest BCUT2D eigenvalue weighted by molar-refractivity contribution is 6.37. The lowest BCUT2D eigenvalue weighted by Gasteiger charge is -2.13. The lowest BCUT2D eigenvalue weighted by atomic mass is 10.1. The van der Waals surface area contributed by atoms with E-state index in [2.05, 4.69) is 10.1 Å². The molecule has 0 saturated carbocycles. The van der Waals surface area contributed by atoms with E-state index in [1.165, 1.54) is 0 Å². The topological polar surface area (TPSA) is 77.0 Å². The molecule has 1 aromatic heterocycles. The van der Waals surface area contributed by atoms with E-state index >= 15 is 0 Å². The smallest absolute Gasteiger partial charge is 0.293 e. The maximum Gasteiger partial charge on any atom is 0.293 e. The Hall–Kier alpha value is -1.63. The summed E-state index contributed by atoms with van der Waals surface area (Å²) >= 11 is 12.6. The summed E-state index contributed by atoms with van der Waals surface area (Å²) in [5.74, 6) is 1.02. The summed E-state index contributed by atoms with van der Waals surface area (Å²) in [6.07, 6.45) is 0.913. The summed E-state index contributed by atoms with van der Waals surface area (Å²) < 4.78 is 1.58. The van der Waals surface area contributed by atoms with Crippen molar-refractivity contribution in [1.82, 2.24) is 19.7 Å². The summed E-state index contributed by atoms with van der Waals surface area (Å²) in [4.78, 5) is 19.0. The van der Waals surface area contributed by atoms with Crippen LogP contribution in [0.4, 0.5) is 0 Å². The minimum Gasteiger partial charge on any atom is -0.336 e. The first-order valence-corrected chi connectivity index (χ1v) is 9.08. The van der Waals surface area contributed by atoms with Crippen molar-refractivity contribution in [3.63, 3.8) is 0 Å². The van der Waals surface area contributed by atoms with Gasteiger partial charge in [-0.15, -0.1) is 5.10 Å². The number of nitrogens with zero attached hydrogens (tertiary/aromatic N) is 4. The number of benzene rings is 1. The SMILES string of the molecule is CC(C)c1nc(C(=O)N2CCC(CN)C2)nn1-c1c(Cl)cccc1Cl. The predicted octanol–water partition coefficient (Wildman–Crippen LogP) is 3.12. The van der Waals surface area contributed by atoms with Gasteiger partial charge >= 0.3 is 0 Å². The van der Waals surface area contributed by atoms with Crippen LogP contribution in [-0.4, -0.2) is 45.2 Å². The molecule has 2 heterocycles. The van der Waals surface area contributed by atoms with Crippen LogP contribution in [0.25, 0.3) is 5.69 Å². The normalized spacial score (nSPS) is 17.5. The monoisotopic (exact) mass is 381 g/mol. The van der Waals surface area contributed by atoms with Crippen LogP contribution in [-0.2, 0) is 0 Å². The average Bonchev–Trinajstić information content (AvgIpc) is 3.21. The average molecular weight is 382 g/mol. The molecule has 8 heteroatoms. The van der Waals surface area contributed by atoms with E-state index < -0.39 is 0 Å². The fourth-order valence-corrected chi connectivity index (χ4v) is 3.55. The number of hydrogen-bond donors (Lipinski definition) is 1. The predicted molar refractivity (Wildman–Crippen MR) is 98.5 cm³/mol. The molecule has 1 aliphatic rings. The molecular weight excluding hydrogens is 361 g/mol. The number of carbonyl (C=O) groups is 1. The van der Waals surface area contributed by atoms with Gasteiger partial charge in [0.2, 0.25) is 5.82 Å². The van der Waals surface area contributed by atoms with Crippen LogP contribution in [0.2, 0.25) is 10.0 Å². The van der Waals surface area contributed by atoms with Crippen LogP contribution in [0.3, 0.4) is 0 Å². The zero-order valence-corrected chi connectivity index (χ0v) is 15.8. The molecule has 6 nitrogen and oxygen atoms in total. The number of nitrogens with two attached hydrogens (primary N) is 1. The molecule has 0 radical (unpaired) electrons. The zero-order chi connectivity index (χ0) is 18.1. The Labute approximate surface area is 156 Å². The lowest BCUT2D eigenvalue weighted by molar-refractivity contribution is 0.0775. The number of amides is 1. The van der Waals surface area contributed by atoms with Gasteiger partial charge in [-0.1, -0.05) is 43.1 Å². The molecule has 0 spiro atoms. The zero-order valence-electron chi connectivity index (χ0n) is 14.2. The van der Waals surface area contributed by atoms with Gasteiger partial charge in [-0.25, -0.2) is 9.67 Å². The van der Waals surface area contributed by atoms with E-state index in [9.17, 15) is 4.79 Å². The van der Waals surface area contributed by atoms with Gasteiger partial charge in [0.15, 0.2) is 0 Å². The molecule has 1 amide bonds. The third kappa shape index (κ3) is 3.52. The van der Waals surface area contributed by atoms with E-state index in [1.807, 2.05) is 13.8 Å². The standard InChI is InChI=1S/C17H21Cl2N5O/c1-10(2)16-21-15(17(25)23-7-6-11(8-20)9-23)22-24(16)14-12(18)4-3-5-13(14)19/h3-5,10-11H,6-9,20H2,1-2H3. The van der Waals surface area contributed by atoms with Gasteiger partial charge in [-0.2, -0.15) is 0 Å². The van der Waals surface area contributed by atoms with E-state index in [0.717, 1.165) is 6.42 Å². The van der Waals surface area contributed by atoms with Crippen LogP contribution in [0, 0.1) is 5.92 Å². The third-order valence-corrected chi connectivity index (χ3v) is 5.01. The molecule has 134 valence electrons. The molecule has 1 saturated heterocycles. The van der Waals surface area contributed by atoms with Crippen molar-refractivity contribution in [3.05, 3.63) is 39.9 Å². The Morgan fingerprint density at radius 1 is 1.36 bits per heavy atom. The summed E-state index contributed by atoms with van der Waals surface area (Å²) in [6.45, 7) is 5.88. The second kappa shape index (κ2) is 7.32. The van der Waals surface area contributed by atoms with Gasteiger partial charge < -0.3 is 10.6 Å². The molecule has 25 heavy (non-hydrogen) atoms. The fourth-order valence-electron chi connectivity index (χ4n) is 3.00. The first-order valence-electron chi connectivity index (χ1n) is 8.33. The molecule has 1 aliphatic heterocycles. The number of para-hydroxylation sites is 1. The first-order chi connectivity index (χ1) is 11.9. The summed E-state index contributed by atoms with van der Waals surface area (Å²) in [7, 11) is 0. The largest absolute Gasteiger partial charge is 0.336 e. The Morgan fingerprint density at radius 2 is 2.04 bits per heavy atom.